The Balaban J connectivity index is 0.00000192. The lowest BCUT2D eigenvalue weighted by Crippen LogP contribution is -2.58. The summed E-state index contributed by atoms with van der Waals surface area (Å²) in [5.41, 5.74) is 0.562. The monoisotopic (exact) mass is 365 g/mol. The van der Waals surface area contributed by atoms with Gasteiger partial charge in [-0.3, -0.25) is 0 Å². The molecule has 0 bridgehead atoms. The predicted octanol–water partition coefficient (Wildman–Crippen LogP) is 1.45. The molecule has 2 saturated heterocycles. The van der Waals surface area contributed by atoms with E-state index in [1.165, 1.54) is 64.8 Å². The van der Waals surface area contributed by atoms with Crippen LogP contribution in [0.2, 0.25) is 0 Å². The number of nitrogens with zero attached hydrogens (tertiary/aromatic N) is 1. The average Bonchev–Trinajstić information content (AvgIpc) is 2.98. The Morgan fingerprint density at radius 3 is 2.43 bits per heavy atom. The van der Waals surface area contributed by atoms with Crippen LogP contribution >= 0.6 is 12.4 Å². The van der Waals surface area contributed by atoms with Gasteiger partial charge in [-0.25, -0.2) is 13.1 Å². The zero-order chi connectivity index (χ0) is 15.6. The third-order valence-electron chi connectivity index (χ3n) is 5.93. The second-order valence-electron chi connectivity index (χ2n) is 7.72. The Morgan fingerprint density at radius 1 is 1.17 bits per heavy atom. The van der Waals surface area contributed by atoms with E-state index in [1.54, 1.807) is 6.92 Å². The summed E-state index contributed by atoms with van der Waals surface area (Å²) in [6.07, 6.45) is 6.27. The van der Waals surface area contributed by atoms with Gasteiger partial charge in [0.1, 0.15) is 0 Å². The molecule has 1 saturated carbocycles. The number of halogens is 1. The number of sulfonamides is 1. The molecule has 7 heteroatoms. The van der Waals surface area contributed by atoms with E-state index in [0.717, 1.165) is 5.92 Å². The molecule has 3 aliphatic rings. The van der Waals surface area contributed by atoms with Crippen LogP contribution in [0.25, 0.3) is 0 Å². The first-order valence-electron chi connectivity index (χ1n) is 8.91. The molecule has 1 unspecified atom stereocenters. The van der Waals surface area contributed by atoms with E-state index in [-0.39, 0.29) is 18.2 Å². The number of hydrogen-bond acceptors (Lipinski definition) is 4. The van der Waals surface area contributed by atoms with Crippen molar-refractivity contribution >= 4 is 22.4 Å². The van der Waals surface area contributed by atoms with Crippen molar-refractivity contribution in [1.29, 1.82) is 0 Å². The third-order valence-corrected chi connectivity index (χ3v) is 7.30. The smallest absolute Gasteiger partial charge is 0.211 e. The van der Waals surface area contributed by atoms with E-state index in [9.17, 15) is 8.42 Å². The number of rotatable bonds is 6. The zero-order valence-electron chi connectivity index (χ0n) is 14.2. The lowest BCUT2D eigenvalue weighted by Gasteiger charge is -2.54. The highest BCUT2D eigenvalue weighted by Gasteiger charge is 2.45. The Morgan fingerprint density at radius 2 is 1.87 bits per heavy atom. The summed E-state index contributed by atoms with van der Waals surface area (Å²) in [6.45, 7) is 8.55. The van der Waals surface area contributed by atoms with E-state index in [1.807, 2.05) is 0 Å². The van der Waals surface area contributed by atoms with Gasteiger partial charge >= 0.3 is 0 Å². The minimum Gasteiger partial charge on any atom is -0.316 e. The van der Waals surface area contributed by atoms with Crippen LogP contribution in [0.3, 0.4) is 0 Å². The van der Waals surface area contributed by atoms with Crippen molar-refractivity contribution in [2.45, 2.75) is 39.0 Å². The summed E-state index contributed by atoms with van der Waals surface area (Å²) in [6, 6.07) is 0. The van der Waals surface area contributed by atoms with Crippen LogP contribution in [0.15, 0.2) is 0 Å². The first-order valence-corrected chi connectivity index (χ1v) is 10.6. The molecule has 2 aliphatic heterocycles. The fraction of sp³-hybridized carbons (Fsp3) is 1.00. The van der Waals surface area contributed by atoms with Gasteiger partial charge in [-0.1, -0.05) is 0 Å². The van der Waals surface area contributed by atoms with Crippen molar-refractivity contribution < 1.29 is 8.42 Å². The van der Waals surface area contributed by atoms with Crippen LogP contribution in [0.4, 0.5) is 0 Å². The minimum absolute atomic E-state index is 0. The summed E-state index contributed by atoms with van der Waals surface area (Å²) >= 11 is 0. The summed E-state index contributed by atoms with van der Waals surface area (Å²) in [4.78, 5) is 2.64. The molecule has 23 heavy (non-hydrogen) atoms. The van der Waals surface area contributed by atoms with Crippen LogP contribution < -0.4 is 10.0 Å². The van der Waals surface area contributed by atoms with Gasteiger partial charge < -0.3 is 10.2 Å². The van der Waals surface area contributed by atoms with E-state index in [2.05, 4.69) is 14.9 Å². The maximum atomic E-state index is 11.5. The van der Waals surface area contributed by atoms with Crippen LogP contribution in [-0.2, 0) is 10.0 Å². The fourth-order valence-corrected chi connectivity index (χ4v) is 5.12. The molecule has 0 aromatic heterocycles. The van der Waals surface area contributed by atoms with Crippen molar-refractivity contribution in [2.75, 3.05) is 45.0 Å². The van der Waals surface area contributed by atoms with Crippen LogP contribution in [0.1, 0.15) is 39.0 Å². The van der Waals surface area contributed by atoms with Gasteiger partial charge in [0, 0.05) is 26.2 Å². The molecule has 136 valence electrons. The van der Waals surface area contributed by atoms with E-state index < -0.39 is 10.0 Å². The summed E-state index contributed by atoms with van der Waals surface area (Å²) in [5, 5.41) is 3.45. The van der Waals surface area contributed by atoms with Gasteiger partial charge in [0.2, 0.25) is 10.0 Å². The largest absolute Gasteiger partial charge is 0.316 e. The van der Waals surface area contributed by atoms with E-state index in [4.69, 9.17) is 0 Å². The van der Waals surface area contributed by atoms with Crippen molar-refractivity contribution in [3.63, 3.8) is 0 Å². The van der Waals surface area contributed by atoms with Gasteiger partial charge in [-0.2, -0.15) is 0 Å². The first-order chi connectivity index (χ1) is 10.5. The molecule has 0 aromatic rings. The van der Waals surface area contributed by atoms with Crippen LogP contribution in [-0.4, -0.2) is 58.3 Å². The lowest BCUT2D eigenvalue weighted by atomic mass is 9.66. The Bertz CT molecular complexity index is 464. The normalized spacial score (nSPS) is 28.5. The van der Waals surface area contributed by atoms with Gasteiger partial charge in [0.15, 0.2) is 0 Å². The first kappa shape index (κ1) is 19.4. The number of hydrogen-bond donors (Lipinski definition) is 2. The second-order valence-corrected chi connectivity index (χ2v) is 9.82. The summed E-state index contributed by atoms with van der Waals surface area (Å²) in [5.74, 6) is 1.59. The molecule has 1 atom stereocenters. The highest BCUT2D eigenvalue weighted by atomic mass is 35.5. The molecule has 3 fully saturated rings. The number of nitrogens with one attached hydrogen (secondary N) is 2. The molecule has 2 N–H and O–H groups in total. The highest BCUT2D eigenvalue weighted by Crippen LogP contribution is 2.45. The maximum Gasteiger partial charge on any atom is 0.211 e. The molecule has 0 aromatic carbocycles. The summed E-state index contributed by atoms with van der Waals surface area (Å²) in [7, 11) is -3.03. The molecule has 1 aliphatic carbocycles. The third kappa shape index (κ3) is 5.05. The molecule has 5 nitrogen and oxygen atoms in total. The van der Waals surface area contributed by atoms with Gasteiger partial charge in [-0.05, 0) is 69.4 Å². The van der Waals surface area contributed by atoms with Crippen molar-refractivity contribution in [1.82, 2.24) is 14.9 Å². The summed E-state index contributed by atoms with van der Waals surface area (Å²) < 4.78 is 25.8. The van der Waals surface area contributed by atoms with Crippen LogP contribution in [0, 0.1) is 17.3 Å². The molecule has 2 heterocycles. The number of likely N-dealkylation sites (tertiary alicyclic amines) is 1. The highest BCUT2D eigenvalue weighted by molar-refractivity contribution is 7.89. The lowest BCUT2D eigenvalue weighted by molar-refractivity contribution is -0.0437. The van der Waals surface area contributed by atoms with Crippen molar-refractivity contribution in [3.05, 3.63) is 0 Å². The quantitative estimate of drug-likeness (QED) is 0.747. The van der Waals surface area contributed by atoms with Crippen LogP contribution in [0.5, 0.6) is 0 Å². The topological polar surface area (TPSA) is 61.4 Å². The Kier molecular flexibility index (Phi) is 6.76. The Hall–Kier alpha value is 0.120. The predicted molar refractivity (Wildman–Crippen MR) is 96.5 cm³/mol. The zero-order valence-corrected chi connectivity index (χ0v) is 15.9. The fourth-order valence-electron chi connectivity index (χ4n) is 4.42. The molecular formula is C16H32ClN3O2S. The molecule has 1 spiro atoms. The molecule has 0 amide bonds. The van der Waals surface area contributed by atoms with Gasteiger partial charge in [-0.15, -0.1) is 12.4 Å². The van der Waals surface area contributed by atoms with Gasteiger partial charge in [0.25, 0.3) is 0 Å². The Labute approximate surface area is 147 Å². The van der Waals surface area contributed by atoms with Crippen molar-refractivity contribution in [2.24, 2.45) is 17.3 Å². The SMILES string of the molecule is CCS(=O)(=O)NCC1CCC2(CC1)CN(CC1CCNC1)C2.Cl. The standard InChI is InChI=1S/C16H31N3O2S.ClH/c1-2-22(20,21)18-10-14-3-6-16(7-4-14)12-19(13-16)11-15-5-8-17-9-15;/h14-15,17-18H,2-13H2,1H3;1H. The second kappa shape index (κ2) is 8.00. The molecular weight excluding hydrogens is 334 g/mol. The minimum atomic E-state index is -3.03. The van der Waals surface area contributed by atoms with E-state index in [0.29, 0.717) is 17.9 Å². The van der Waals surface area contributed by atoms with E-state index >= 15 is 0 Å². The molecule has 0 radical (unpaired) electrons. The molecule has 3 rings (SSSR count). The maximum absolute atomic E-state index is 11.5. The average molecular weight is 366 g/mol. The van der Waals surface area contributed by atoms with Crippen molar-refractivity contribution in [3.8, 4) is 0 Å². The van der Waals surface area contributed by atoms with Gasteiger partial charge in [0.05, 0.1) is 5.75 Å².